The number of carbonyl (C=O) groups is 2. The van der Waals surface area contributed by atoms with E-state index >= 15 is 0 Å². The highest BCUT2D eigenvalue weighted by Crippen LogP contribution is 2.02. The molecule has 0 spiro atoms. The highest BCUT2D eigenvalue weighted by Gasteiger charge is 2.05. The maximum Gasteiger partial charge on any atom is 0.239 e. The summed E-state index contributed by atoms with van der Waals surface area (Å²) in [5.74, 6) is 0.333. The largest absolute Gasteiger partial charge is 0.355 e. The lowest BCUT2D eigenvalue weighted by molar-refractivity contribution is -0.126. The number of hydrogen-bond acceptors (Lipinski definition) is 3. The van der Waals surface area contributed by atoms with Crippen LogP contribution in [0.25, 0.3) is 0 Å². The van der Waals surface area contributed by atoms with Crippen LogP contribution in [0.5, 0.6) is 0 Å². The van der Waals surface area contributed by atoms with Gasteiger partial charge in [0, 0.05) is 13.0 Å². The average molecular weight is 243 g/mol. The van der Waals surface area contributed by atoms with Crippen molar-refractivity contribution in [3.8, 4) is 0 Å². The minimum atomic E-state index is -0.126. The average Bonchev–Trinajstić information content (AvgIpc) is 2.29. The molecule has 0 aromatic rings. The van der Waals surface area contributed by atoms with Gasteiger partial charge in [0.05, 0.1) is 6.54 Å². The van der Waals surface area contributed by atoms with Crippen molar-refractivity contribution >= 4 is 11.8 Å². The Hall–Kier alpha value is -1.10. The number of amides is 2. The van der Waals surface area contributed by atoms with Gasteiger partial charge < -0.3 is 16.0 Å². The van der Waals surface area contributed by atoms with Crippen LogP contribution in [0, 0.1) is 5.92 Å². The molecule has 0 aliphatic carbocycles. The van der Waals surface area contributed by atoms with Crippen LogP contribution >= 0.6 is 0 Å². The molecule has 0 aromatic carbocycles. The van der Waals surface area contributed by atoms with Gasteiger partial charge in [-0.3, -0.25) is 9.59 Å². The Bertz CT molecular complexity index is 230. The van der Waals surface area contributed by atoms with Gasteiger partial charge in [-0.25, -0.2) is 0 Å². The van der Waals surface area contributed by atoms with E-state index in [1.807, 2.05) is 7.05 Å². The fourth-order valence-corrected chi connectivity index (χ4v) is 1.24. The molecule has 0 saturated carbocycles. The van der Waals surface area contributed by atoms with Crippen molar-refractivity contribution in [1.29, 1.82) is 0 Å². The molecular formula is C12H25N3O2. The maximum atomic E-state index is 11.3. The van der Waals surface area contributed by atoms with E-state index in [1.54, 1.807) is 0 Å². The molecule has 0 unspecified atom stereocenters. The van der Waals surface area contributed by atoms with Gasteiger partial charge in [-0.2, -0.15) is 0 Å². The molecule has 3 N–H and O–H groups in total. The van der Waals surface area contributed by atoms with Crippen molar-refractivity contribution in [2.45, 2.75) is 33.1 Å². The zero-order chi connectivity index (χ0) is 13.1. The standard InChI is InChI=1S/C12H25N3O2/c1-10(2)5-6-11(16)15-9-12(17)14-8-4-7-13-3/h10,13H,4-9H2,1-3H3,(H,14,17)(H,15,16). The summed E-state index contributed by atoms with van der Waals surface area (Å²) in [6.07, 6.45) is 2.24. The van der Waals surface area contributed by atoms with Gasteiger partial charge in [0.2, 0.25) is 11.8 Å². The topological polar surface area (TPSA) is 70.2 Å². The molecule has 100 valence electrons. The minimum absolute atomic E-state index is 0.0518. The third-order valence-corrected chi connectivity index (χ3v) is 2.32. The van der Waals surface area contributed by atoms with Crippen molar-refractivity contribution < 1.29 is 9.59 Å². The predicted molar refractivity (Wildman–Crippen MR) is 68.6 cm³/mol. The lowest BCUT2D eigenvalue weighted by atomic mass is 10.1. The van der Waals surface area contributed by atoms with Gasteiger partial charge in [-0.1, -0.05) is 13.8 Å². The highest BCUT2D eigenvalue weighted by atomic mass is 16.2. The van der Waals surface area contributed by atoms with Crippen LogP contribution in [0.4, 0.5) is 0 Å². The van der Waals surface area contributed by atoms with E-state index in [0.29, 0.717) is 18.9 Å². The smallest absolute Gasteiger partial charge is 0.239 e. The first-order valence-electron chi connectivity index (χ1n) is 6.24. The van der Waals surface area contributed by atoms with Crippen LogP contribution in [0.3, 0.4) is 0 Å². The van der Waals surface area contributed by atoms with Gasteiger partial charge in [-0.15, -0.1) is 0 Å². The molecule has 0 aliphatic rings. The van der Waals surface area contributed by atoms with Crippen LogP contribution in [-0.2, 0) is 9.59 Å². The van der Waals surface area contributed by atoms with Gasteiger partial charge in [0.1, 0.15) is 0 Å². The number of nitrogens with one attached hydrogen (secondary N) is 3. The molecule has 5 heteroatoms. The number of carbonyl (C=O) groups excluding carboxylic acids is 2. The van der Waals surface area contributed by atoms with Crippen LogP contribution in [-0.4, -0.2) is 38.5 Å². The van der Waals surface area contributed by atoms with E-state index in [1.165, 1.54) is 0 Å². The van der Waals surface area contributed by atoms with Crippen LogP contribution in [0.2, 0.25) is 0 Å². The second-order valence-electron chi connectivity index (χ2n) is 4.52. The Labute approximate surface area is 104 Å². The maximum absolute atomic E-state index is 11.3. The van der Waals surface area contributed by atoms with E-state index in [0.717, 1.165) is 19.4 Å². The third kappa shape index (κ3) is 11.2. The zero-order valence-electron chi connectivity index (χ0n) is 11.1. The van der Waals surface area contributed by atoms with E-state index < -0.39 is 0 Å². The van der Waals surface area contributed by atoms with Gasteiger partial charge in [-0.05, 0) is 32.4 Å². The molecule has 0 saturated heterocycles. The van der Waals surface area contributed by atoms with E-state index in [-0.39, 0.29) is 18.4 Å². The molecule has 2 amide bonds. The number of rotatable bonds is 9. The molecule has 0 aliphatic heterocycles. The Morgan fingerprint density at radius 2 is 1.76 bits per heavy atom. The summed E-state index contributed by atoms with van der Waals surface area (Å²) in [5, 5.41) is 8.35. The molecular weight excluding hydrogens is 218 g/mol. The molecule has 0 radical (unpaired) electrons. The molecule has 0 rings (SSSR count). The van der Waals surface area contributed by atoms with Crippen molar-refractivity contribution in [3.05, 3.63) is 0 Å². The summed E-state index contributed by atoms with van der Waals surface area (Å²) in [4.78, 5) is 22.6. The minimum Gasteiger partial charge on any atom is -0.355 e. The first-order chi connectivity index (χ1) is 8.06. The van der Waals surface area contributed by atoms with E-state index in [9.17, 15) is 9.59 Å². The molecule has 0 bridgehead atoms. The first-order valence-corrected chi connectivity index (χ1v) is 6.24. The molecule has 0 atom stereocenters. The van der Waals surface area contributed by atoms with Crippen LogP contribution in [0.15, 0.2) is 0 Å². The fraction of sp³-hybridized carbons (Fsp3) is 0.833. The third-order valence-electron chi connectivity index (χ3n) is 2.32. The Balaban J connectivity index is 3.45. The zero-order valence-corrected chi connectivity index (χ0v) is 11.1. The normalized spacial score (nSPS) is 10.4. The Morgan fingerprint density at radius 1 is 1.06 bits per heavy atom. The van der Waals surface area contributed by atoms with Gasteiger partial charge in [0.15, 0.2) is 0 Å². The second kappa shape index (κ2) is 10.1. The van der Waals surface area contributed by atoms with E-state index in [4.69, 9.17) is 0 Å². The fourth-order valence-electron chi connectivity index (χ4n) is 1.24. The molecule has 0 aromatic heterocycles. The molecule has 17 heavy (non-hydrogen) atoms. The van der Waals surface area contributed by atoms with Crippen molar-refractivity contribution in [1.82, 2.24) is 16.0 Å². The van der Waals surface area contributed by atoms with Gasteiger partial charge in [0.25, 0.3) is 0 Å². The molecule has 0 fully saturated rings. The van der Waals surface area contributed by atoms with Crippen molar-refractivity contribution in [2.24, 2.45) is 5.92 Å². The summed E-state index contributed by atoms with van der Waals surface area (Å²) in [6.45, 7) is 5.74. The van der Waals surface area contributed by atoms with Gasteiger partial charge >= 0.3 is 0 Å². The summed E-state index contributed by atoms with van der Waals surface area (Å²) in [7, 11) is 1.87. The van der Waals surface area contributed by atoms with Crippen molar-refractivity contribution in [2.75, 3.05) is 26.7 Å². The van der Waals surface area contributed by atoms with Crippen molar-refractivity contribution in [3.63, 3.8) is 0 Å². The summed E-state index contributed by atoms with van der Waals surface area (Å²) in [6, 6.07) is 0. The van der Waals surface area contributed by atoms with E-state index in [2.05, 4.69) is 29.8 Å². The monoisotopic (exact) mass is 243 g/mol. The molecule has 0 heterocycles. The quantitative estimate of drug-likeness (QED) is 0.509. The SMILES string of the molecule is CNCCCNC(=O)CNC(=O)CCC(C)C. The first kappa shape index (κ1) is 15.9. The lowest BCUT2D eigenvalue weighted by Crippen LogP contribution is -2.37. The Kier molecular flexibility index (Phi) is 9.43. The van der Waals surface area contributed by atoms with Crippen LogP contribution in [0.1, 0.15) is 33.1 Å². The lowest BCUT2D eigenvalue weighted by Gasteiger charge is -2.07. The second-order valence-corrected chi connectivity index (χ2v) is 4.52. The summed E-state index contributed by atoms with van der Waals surface area (Å²) in [5.41, 5.74) is 0. The van der Waals surface area contributed by atoms with Crippen LogP contribution < -0.4 is 16.0 Å². The molecule has 5 nitrogen and oxygen atoms in total. The highest BCUT2D eigenvalue weighted by molar-refractivity contribution is 5.84. The summed E-state index contributed by atoms with van der Waals surface area (Å²) < 4.78 is 0. The summed E-state index contributed by atoms with van der Waals surface area (Å²) >= 11 is 0. The predicted octanol–water partition coefficient (Wildman–Crippen LogP) is 0.265. The Morgan fingerprint density at radius 3 is 2.35 bits per heavy atom. The number of hydrogen-bond donors (Lipinski definition) is 3.